The van der Waals surface area contributed by atoms with Gasteiger partial charge in [-0.2, -0.15) is 0 Å². The number of fused-ring (bicyclic) bond motifs is 1. The zero-order chi connectivity index (χ0) is 20.7. The predicted molar refractivity (Wildman–Crippen MR) is 104 cm³/mol. The molecule has 0 bridgehead atoms. The second kappa shape index (κ2) is 7.40. The highest BCUT2D eigenvalue weighted by Crippen LogP contribution is 2.35. The average molecular weight is 422 g/mol. The monoisotopic (exact) mass is 421 g/mol. The van der Waals surface area contributed by atoms with Crippen LogP contribution in [0.2, 0.25) is 5.02 Å². The van der Waals surface area contributed by atoms with E-state index in [-0.39, 0.29) is 40.0 Å². The van der Waals surface area contributed by atoms with Gasteiger partial charge in [-0.25, -0.2) is 9.18 Å². The van der Waals surface area contributed by atoms with Gasteiger partial charge in [-0.05, 0) is 25.0 Å². The Morgan fingerprint density at radius 1 is 1.28 bits per heavy atom. The number of rotatable bonds is 3. The van der Waals surface area contributed by atoms with Crippen molar-refractivity contribution in [1.29, 1.82) is 0 Å². The number of amides is 1. The predicted octanol–water partition coefficient (Wildman–Crippen LogP) is 2.59. The van der Waals surface area contributed by atoms with Crippen LogP contribution in [0.15, 0.2) is 32.2 Å². The molecule has 29 heavy (non-hydrogen) atoms. The maximum absolute atomic E-state index is 13.8. The molecule has 0 saturated carbocycles. The Morgan fingerprint density at radius 3 is 2.83 bits per heavy atom. The molecule has 3 heterocycles. The van der Waals surface area contributed by atoms with Crippen LogP contribution in [0.1, 0.15) is 25.3 Å². The van der Waals surface area contributed by atoms with E-state index in [0.717, 1.165) is 10.6 Å². The summed E-state index contributed by atoms with van der Waals surface area (Å²) in [5.74, 6) is -0.725. The third kappa shape index (κ3) is 3.42. The summed E-state index contributed by atoms with van der Waals surface area (Å²) in [5.41, 5.74) is -0.855. The van der Waals surface area contributed by atoms with Crippen LogP contribution in [-0.2, 0) is 4.79 Å². The fraction of sp³-hybridized carbons (Fsp3) is 0.316. The third-order valence-corrected chi connectivity index (χ3v) is 5.25. The molecule has 8 nitrogen and oxygen atoms in total. The minimum atomic E-state index is -0.639. The van der Waals surface area contributed by atoms with E-state index >= 15 is 0 Å². The molecule has 3 aromatic rings. The van der Waals surface area contributed by atoms with Crippen molar-refractivity contribution in [3.05, 3.63) is 49.9 Å². The molecule has 1 amide bonds. The molecule has 4 rings (SSSR count). The summed E-state index contributed by atoms with van der Waals surface area (Å²) in [6.45, 7) is 0.500. The highest BCUT2D eigenvalue weighted by molar-refractivity contribution is 6.33. The van der Waals surface area contributed by atoms with Crippen LogP contribution < -0.4 is 21.3 Å². The number of methoxy groups -OCH3 is 1. The fourth-order valence-electron chi connectivity index (χ4n) is 3.53. The summed E-state index contributed by atoms with van der Waals surface area (Å²) in [6.07, 6.45) is 1.18. The molecule has 0 unspecified atom stereocenters. The van der Waals surface area contributed by atoms with Gasteiger partial charge >= 0.3 is 5.69 Å². The highest BCUT2D eigenvalue weighted by Gasteiger charge is 2.25. The standard InChI is InChI=1S/C19H17ClFN3O5/c1-28-15-6-10(11(20)7-12(15)21)14-8-13-17(29-14)18(26)24(19(27)23-13)9-3-2-4-22-16(25)5-9/h6-9H,2-5H2,1H3,(H,22,25)(H,23,27)/t9-/m1/s1. The number of hydrogen-bond acceptors (Lipinski definition) is 5. The summed E-state index contributed by atoms with van der Waals surface area (Å²) in [5, 5.41) is 2.78. The lowest BCUT2D eigenvalue weighted by atomic mass is 10.1. The van der Waals surface area contributed by atoms with Crippen LogP contribution in [0.4, 0.5) is 4.39 Å². The van der Waals surface area contributed by atoms with Gasteiger partial charge in [0.05, 0.1) is 23.7 Å². The number of H-pyrrole nitrogens is 1. The molecule has 0 spiro atoms. The van der Waals surface area contributed by atoms with Crippen molar-refractivity contribution in [2.24, 2.45) is 0 Å². The van der Waals surface area contributed by atoms with Gasteiger partial charge in [0.2, 0.25) is 11.5 Å². The molecular weight excluding hydrogens is 405 g/mol. The number of hydrogen-bond donors (Lipinski definition) is 2. The average Bonchev–Trinajstić information content (AvgIpc) is 2.97. The molecule has 2 N–H and O–H groups in total. The van der Waals surface area contributed by atoms with Crippen LogP contribution in [0.5, 0.6) is 5.75 Å². The van der Waals surface area contributed by atoms with Crippen LogP contribution >= 0.6 is 11.6 Å². The third-order valence-electron chi connectivity index (χ3n) is 4.93. The molecule has 1 aromatic carbocycles. The first-order valence-corrected chi connectivity index (χ1v) is 9.35. The number of halogens is 2. The molecule has 1 atom stereocenters. The first-order chi connectivity index (χ1) is 13.9. The van der Waals surface area contributed by atoms with Gasteiger partial charge in [-0.15, -0.1) is 0 Å². The van der Waals surface area contributed by atoms with Crippen molar-refractivity contribution in [3.63, 3.8) is 0 Å². The zero-order valence-corrected chi connectivity index (χ0v) is 16.1. The Balaban J connectivity index is 1.86. The van der Waals surface area contributed by atoms with Gasteiger partial charge < -0.3 is 19.5 Å². The molecule has 0 radical (unpaired) electrons. The lowest BCUT2D eigenvalue weighted by molar-refractivity contribution is -0.121. The van der Waals surface area contributed by atoms with Crippen molar-refractivity contribution in [3.8, 4) is 17.1 Å². The van der Waals surface area contributed by atoms with E-state index in [1.807, 2.05) is 0 Å². The van der Waals surface area contributed by atoms with Crippen molar-refractivity contribution >= 4 is 28.6 Å². The van der Waals surface area contributed by atoms with E-state index in [2.05, 4.69) is 10.3 Å². The van der Waals surface area contributed by atoms with E-state index in [1.54, 1.807) is 0 Å². The Morgan fingerprint density at radius 2 is 2.07 bits per heavy atom. The minimum Gasteiger partial charge on any atom is -0.494 e. The molecule has 1 aliphatic heterocycles. The lowest BCUT2D eigenvalue weighted by Crippen LogP contribution is -2.38. The smallest absolute Gasteiger partial charge is 0.329 e. The highest BCUT2D eigenvalue weighted by atomic mass is 35.5. The summed E-state index contributed by atoms with van der Waals surface area (Å²) >= 11 is 6.12. The molecular formula is C19H17ClFN3O5. The first kappa shape index (κ1) is 19.3. The quantitative estimate of drug-likeness (QED) is 0.676. The van der Waals surface area contributed by atoms with Gasteiger partial charge in [-0.3, -0.25) is 14.2 Å². The largest absolute Gasteiger partial charge is 0.494 e. The number of ether oxygens (including phenoxy) is 1. The Kier molecular flexibility index (Phi) is 4.91. The number of carbonyl (C=O) groups excluding carboxylic acids is 1. The van der Waals surface area contributed by atoms with E-state index < -0.39 is 23.1 Å². The lowest BCUT2D eigenvalue weighted by Gasteiger charge is -2.14. The van der Waals surface area contributed by atoms with E-state index in [9.17, 15) is 18.8 Å². The summed E-state index contributed by atoms with van der Waals surface area (Å²) < 4.78 is 25.5. The topological polar surface area (TPSA) is 106 Å². The van der Waals surface area contributed by atoms with Crippen LogP contribution in [0.25, 0.3) is 22.4 Å². The van der Waals surface area contributed by atoms with Gasteiger partial charge in [0.1, 0.15) is 5.76 Å². The van der Waals surface area contributed by atoms with Crippen LogP contribution in [0, 0.1) is 5.82 Å². The van der Waals surface area contributed by atoms with E-state index in [0.29, 0.717) is 24.9 Å². The SMILES string of the molecule is COc1cc(-c2cc3[nH]c(=O)n([C@@H]4CCCNC(=O)C4)c(=O)c3o2)c(Cl)cc1F. The van der Waals surface area contributed by atoms with Crippen molar-refractivity contribution in [2.75, 3.05) is 13.7 Å². The van der Waals surface area contributed by atoms with E-state index in [1.165, 1.54) is 19.2 Å². The van der Waals surface area contributed by atoms with Crippen molar-refractivity contribution in [1.82, 2.24) is 14.9 Å². The maximum Gasteiger partial charge on any atom is 0.329 e. The fourth-order valence-corrected chi connectivity index (χ4v) is 3.78. The van der Waals surface area contributed by atoms with E-state index in [4.69, 9.17) is 20.8 Å². The summed E-state index contributed by atoms with van der Waals surface area (Å²) in [7, 11) is 1.31. The number of benzene rings is 1. The first-order valence-electron chi connectivity index (χ1n) is 8.97. The van der Waals surface area contributed by atoms with Crippen molar-refractivity contribution in [2.45, 2.75) is 25.3 Å². The van der Waals surface area contributed by atoms with Crippen molar-refractivity contribution < 1.29 is 18.3 Å². The molecule has 2 aromatic heterocycles. The minimum absolute atomic E-state index is 0.0308. The van der Waals surface area contributed by atoms with Gasteiger partial charge in [0.25, 0.3) is 5.56 Å². The van der Waals surface area contributed by atoms with Gasteiger partial charge in [-0.1, -0.05) is 11.6 Å². The number of furan rings is 1. The van der Waals surface area contributed by atoms with Gasteiger partial charge in [0, 0.05) is 24.6 Å². The number of aromatic amines is 1. The molecule has 0 aliphatic carbocycles. The zero-order valence-electron chi connectivity index (χ0n) is 15.4. The van der Waals surface area contributed by atoms with Gasteiger partial charge in [0.15, 0.2) is 11.6 Å². The normalized spacial score (nSPS) is 17.2. The second-order valence-corrected chi connectivity index (χ2v) is 7.18. The summed E-state index contributed by atoms with van der Waals surface area (Å²) in [4.78, 5) is 40.0. The second-order valence-electron chi connectivity index (χ2n) is 6.78. The molecule has 1 aliphatic rings. The Hall–Kier alpha value is -3.07. The van der Waals surface area contributed by atoms with Crippen LogP contribution in [0.3, 0.4) is 0 Å². The Labute approximate surface area is 168 Å². The molecule has 152 valence electrons. The maximum atomic E-state index is 13.8. The summed E-state index contributed by atoms with van der Waals surface area (Å²) in [6, 6.07) is 3.30. The van der Waals surface area contributed by atoms with Crippen LogP contribution in [-0.4, -0.2) is 29.1 Å². The number of nitrogens with zero attached hydrogens (tertiary/aromatic N) is 1. The molecule has 10 heteroatoms. The number of nitrogens with one attached hydrogen (secondary N) is 2. The Bertz CT molecular complexity index is 1230. The molecule has 1 fully saturated rings. The number of aromatic nitrogens is 2. The number of carbonyl (C=O) groups is 1. The molecule has 1 saturated heterocycles.